The molecule has 184 valence electrons. The Bertz CT molecular complexity index is 1420. The molecule has 0 aliphatic carbocycles. The summed E-state index contributed by atoms with van der Waals surface area (Å²) in [5.74, 6) is 1.23. The summed E-state index contributed by atoms with van der Waals surface area (Å²) in [4.78, 5) is 21.0. The van der Waals surface area contributed by atoms with Crippen molar-refractivity contribution in [3.63, 3.8) is 0 Å². The molecule has 0 radical (unpaired) electrons. The Labute approximate surface area is 218 Å². The van der Waals surface area contributed by atoms with E-state index in [4.69, 9.17) is 18.9 Å². The quantitative estimate of drug-likeness (QED) is 0.0946. The number of nitro groups is 2. The van der Waals surface area contributed by atoms with Gasteiger partial charge in [0.25, 0.3) is 5.69 Å². The minimum Gasteiger partial charge on any atom is -0.493 e. The standard InChI is InChI=1S/C24H18IN3O8/c1-33-21-6-4-15(11-22(21)34-2)16(13-26)8-14-9-18(25)24(23(10-14)35-3)36-20-7-5-17(27(29)30)12-19(20)28(31)32/h4-12H,1-3H3/b16-8+. The van der Waals surface area contributed by atoms with Gasteiger partial charge in [0.15, 0.2) is 23.0 Å². The first-order valence-corrected chi connectivity index (χ1v) is 11.1. The molecule has 0 heterocycles. The summed E-state index contributed by atoms with van der Waals surface area (Å²) in [5, 5.41) is 32.2. The Balaban J connectivity index is 2.03. The van der Waals surface area contributed by atoms with Crippen LogP contribution in [0.15, 0.2) is 48.5 Å². The number of nitriles is 1. The van der Waals surface area contributed by atoms with Gasteiger partial charge in [-0.1, -0.05) is 0 Å². The minimum atomic E-state index is -0.763. The number of rotatable bonds is 9. The Hall–Kier alpha value is -4.38. The molecule has 0 atom stereocenters. The number of halogens is 1. The fourth-order valence-corrected chi connectivity index (χ4v) is 3.97. The molecule has 3 aromatic carbocycles. The molecule has 3 rings (SSSR count). The maximum Gasteiger partial charge on any atom is 0.318 e. The van der Waals surface area contributed by atoms with Crippen LogP contribution in [0.4, 0.5) is 11.4 Å². The van der Waals surface area contributed by atoms with E-state index in [-0.39, 0.29) is 17.2 Å². The van der Waals surface area contributed by atoms with Crippen LogP contribution in [-0.2, 0) is 0 Å². The van der Waals surface area contributed by atoms with Gasteiger partial charge in [0, 0.05) is 6.07 Å². The first-order chi connectivity index (χ1) is 17.2. The van der Waals surface area contributed by atoms with Gasteiger partial charge in [-0.2, -0.15) is 5.26 Å². The van der Waals surface area contributed by atoms with Crippen molar-refractivity contribution in [1.82, 2.24) is 0 Å². The van der Waals surface area contributed by atoms with Crippen molar-refractivity contribution in [3.05, 3.63) is 83.5 Å². The Kier molecular flexibility index (Phi) is 8.28. The van der Waals surface area contributed by atoms with Gasteiger partial charge >= 0.3 is 5.69 Å². The zero-order valence-corrected chi connectivity index (χ0v) is 21.3. The number of ether oxygens (including phenoxy) is 4. The predicted molar refractivity (Wildman–Crippen MR) is 139 cm³/mol. The van der Waals surface area contributed by atoms with Crippen molar-refractivity contribution < 1.29 is 28.8 Å². The summed E-state index contributed by atoms with van der Waals surface area (Å²) < 4.78 is 22.3. The lowest BCUT2D eigenvalue weighted by Gasteiger charge is -2.14. The molecule has 0 aromatic heterocycles. The Morgan fingerprint density at radius 1 is 0.889 bits per heavy atom. The van der Waals surface area contributed by atoms with E-state index in [1.165, 1.54) is 21.3 Å². The van der Waals surface area contributed by atoms with Gasteiger partial charge in [0.05, 0.1) is 52.5 Å². The Morgan fingerprint density at radius 3 is 2.14 bits per heavy atom. The van der Waals surface area contributed by atoms with E-state index in [2.05, 4.69) is 6.07 Å². The highest BCUT2D eigenvalue weighted by molar-refractivity contribution is 14.1. The molecule has 11 nitrogen and oxygen atoms in total. The number of non-ortho nitro benzene ring substituents is 1. The SMILES string of the molecule is COc1ccc(/C(C#N)=C/c2cc(I)c(Oc3ccc([N+](=O)[O-])cc3[N+](=O)[O-])c(OC)c2)cc1OC. The van der Waals surface area contributed by atoms with Crippen LogP contribution >= 0.6 is 22.6 Å². The second-order valence-corrected chi connectivity index (χ2v) is 8.20. The number of hydrogen-bond acceptors (Lipinski definition) is 9. The van der Waals surface area contributed by atoms with Gasteiger partial charge in [-0.3, -0.25) is 20.2 Å². The zero-order valence-electron chi connectivity index (χ0n) is 19.2. The molecule has 0 unspecified atom stereocenters. The number of hydrogen-bond donors (Lipinski definition) is 0. The predicted octanol–water partition coefficient (Wildman–Crippen LogP) is 5.99. The molecular weight excluding hydrogens is 585 g/mol. The maximum absolute atomic E-state index is 11.5. The summed E-state index contributed by atoms with van der Waals surface area (Å²) in [5.41, 5.74) is 0.550. The molecule has 0 amide bonds. The molecule has 0 aliphatic heterocycles. The second kappa shape index (κ2) is 11.4. The first-order valence-electron chi connectivity index (χ1n) is 10.0. The van der Waals surface area contributed by atoms with E-state index in [0.29, 0.717) is 31.8 Å². The Morgan fingerprint density at radius 2 is 1.56 bits per heavy atom. The molecule has 0 aliphatic rings. The van der Waals surface area contributed by atoms with Crippen LogP contribution in [0.2, 0.25) is 0 Å². The lowest BCUT2D eigenvalue weighted by Crippen LogP contribution is -1.99. The molecule has 0 spiro atoms. The van der Waals surface area contributed by atoms with E-state index in [9.17, 15) is 25.5 Å². The lowest BCUT2D eigenvalue weighted by molar-refractivity contribution is -0.394. The largest absolute Gasteiger partial charge is 0.493 e. The number of allylic oxidation sites excluding steroid dienone is 1. The third-order valence-electron chi connectivity index (χ3n) is 4.94. The van der Waals surface area contributed by atoms with Gasteiger partial charge < -0.3 is 18.9 Å². The van der Waals surface area contributed by atoms with Crippen molar-refractivity contribution in [2.45, 2.75) is 0 Å². The minimum absolute atomic E-state index is 0.178. The molecule has 12 heteroatoms. The highest BCUT2D eigenvalue weighted by Crippen LogP contribution is 2.42. The van der Waals surface area contributed by atoms with Crippen LogP contribution in [0.3, 0.4) is 0 Å². The highest BCUT2D eigenvalue weighted by Gasteiger charge is 2.23. The first kappa shape index (κ1) is 26.2. The van der Waals surface area contributed by atoms with Crippen LogP contribution < -0.4 is 18.9 Å². The fourth-order valence-electron chi connectivity index (χ4n) is 3.23. The van der Waals surface area contributed by atoms with E-state index < -0.39 is 21.2 Å². The van der Waals surface area contributed by atoms with Crippen molar-refractivity contribution in [2.75, 3.05) is 21.3 Å². The van der Waals surface area contributed by atoms with Gasteiger partial charge in [-0.15, -0.1) is 0 Å². The van der Waals surface area contributed by atoms with Crippen LogP contribution in [0.1, 0.15) is 11.1 Å². The highest BCUT2D eigenvalue weighted by atomic mass is 127. The summed E-state index contributed by atoms with van der Waals surface area (Å²) in [7, 11) is 4.41. The average molecular weight is 603 g/mol. The van der Waals surface area contributed by atoms with Crippen LogP contribution in [-0.4, -0.2) is 31.2 Å². The maximum atomic E-state index is 11.5. The molecule has 0 bridgehead atoms. The summed E-state index contributed by atoms with van der Waals surface area (Å²) >= 11 is 1.97. The fraction of sp³-hybridized carbons (Fsp3) is 0.125. The van der Waals surface area contributed by atoms with E-state index in [1.807, 2.05) is 22.6 Å². The molecular formula is C24H18IN3O8. The summed E-state index contributed by atoms with van der Waals surface area (Å²) in [6.07, 6.45) is 1.64. The molecule has 0 saturated heterocycles. The normalized spacial score (nSPS) is 10.8. The van der Waals surface area contributed by atoms with Gasteiger partial charge in [-0.25, -0.2) is 0 Å². The van der Waals surface area contributed by atoms with Gasteiger partial charge in [-0.05, 0) is 76.2 Å². The van der Waals surface area contributed by atoms with Crippen molar-refractivity contribution in [1.29, 1.82) is 5.26 Å². The van der Waals surface area contributed by atoms with E-state index in [0.717, 1.165) is 18.2 Å². The molecule has 0 saturated carbocycles. The number of nitro benzene ring substituents is 2. The monoisotopic (exact) mass is 603 g/mol. The third kappa shape index (κ3) is 5.63. The van der Waals surface area contributed by atoms with Crippen molar-refractivity contribution >= 4 is 45.6 Å². The zero-order chi connectivity index (χ0) is 26.4. The number of methoxy groups -OCH3 is 3. The lowest BCUT2D eigenvalue weighted by atomic mass is 10.0. The number of benzene rings is 3. The average Bonchev–Trinajstić information content (AvgIpc) is 2.87. The van der Waals surface area contributed by atoms with Crippen molar-refractivity contribution in [2.24, 2.45) is 0 Å². The van der Waals surface area contributed by atoms with E-state index in [1.54, 1.807) is 36.4 Å². The molecule has 0 fully saturated rings. The number of nitrogens with zero attached hydrogens (tertiary/aromatic N) is 3. The second-order valence-electron chi connectivity index (χ2n) is 7.04. The summed E-state index contributed by atoms with van der Waals surface area (Å²) in [6.45, 7) is 0. The van der Waals surface area contributed by atoms with Crippen LogP contribution in [0, 0.1) is 35.1 Å². The molecule has 36 heavy (non-hydrogen) atoms. The molecule has 3 aromatic rings. The van der Waals surface area contributed by atoms with Gasteiger partial charge in [0.1, 0.15) is 0 Å². The van der Waals surface area contributed by atoms with Crippen LogP contribution in [0.25, 0.3) is 11.6 Å². The van der Waals surface area contributed by atoms with Gasteiger partial charge in [0.2, 0.25) is 5.75 Å². The smallest absolute Gasteiger partial charge is 0.318 e. The van der Waals surface area contributed by atoms with Crippen LogP contribution in [0.5, 0.6) is 28.7 Å². The molecule has 0 N–H and O–H groups in total. The summed E-state index contributed by atoms with van der Waals surface area (Å²) in [6, 6.07) is 13.7. The van der Waals surface area contributed by atoms with E-state index >= 15 is 0 Å². The topological polar surface area (TPSA) is 147 Å². The van der Waals surface area contributed by atoms with Crippen molar-refractivity contribution in [3.8, 4) is 34.8 Å². The third-order valence-corrected chi connectivity index (χ3v) is 5.74.